The van der Waals surface area contributed by atoms with Gasteiger partial charge in [0, 0.05) is 18.9 Å². The molecule has 1 aliphatic carbocycles. The first-order chi connectivity index (χ1) is 12.0. The first kappa shape index (κ1) is 17.6. The summed E-state index contributed by atoms with van der Waals surface area (Å²) in [5, 5.41) is 8.89. The predicted molar refractivity (Wildman–Crippen MR) is 98.2 cm³/mol. The lowest BCUT2D eigenvalue weighted by atomic mass is 9.86. The second-order valence-electron chi connectivity index (χ2n) is 7.30. The number of rotatable bonds is 4. The molecule has 3 rings (SSSR count). The van der Waals surface area contributed by atoms with Gasteiger partial charge in [0.15, 0.2) is 0 Å². The zero-order valence-corrected chi connectivity index (χ0v) is 15.1. The van der Waals surface area contributed by atoms with Crippen molar-refractivity contribution in [3.05, 3.63) is 35.4 Å². The number of nitrogens with zero attached hydrogens (tertiary/aromatic N) is 2. The fourth-order valence-electron chi connectivity index (χ4n) is 3.60. The van der Waals surface area contributed by atoms with Crippen molar-refractivity contribution in [1.82, 2.24) is 10.3 Å². The Labute approximate surface area is 149 Å². The molecule has 1 N–H and O–H groups in total. The molecule has 0 radical (unpaired) electrons. The summed E-state index contributed by atoms with van der Waals surface area (Å²) in [5.41, 5.74) is 3.08. The number of carbonyl (C=O) groups excluding carboxylic acids is 2. The Morgan fingerprint density at radius 1 is 1.20 bits per heavy atom. The van der Waals surface area contributed by atoms with Gasteiger partial charge in [0.25, 0.3) is 0 Å². The van der Waals surface area contributed by atoms with Crippen molar-refractivity contribution in [2.24, 2.45) is 11.0 Å². The van der Waals surface area contributed by atoms with E-state index in [2.05, 4.69) is 17.3 Å². The van der Waals surface area contributed by atoms with Gasteiger partial charge in [-0.3, -0.25) is 9.59 Å². The Kier molecular flexibility index (Phi) is 5.51. The molecule has 5 nitrogen and oxygen atoms in total. The minimum atomic E-state index is -0.110. The Morgan fingerprint density at radius 3 is 2.64 bits per heavy atom. The molecule has 2 atom stereocenters. The molecule has 1 saturated carbocycles. The fourth-order valence-corrected chi connectivity index (χ4v) is 3.60. The van der Waals surface area contributed by atoms with Gasteiger partial charge in [-0.1, -0.05) is 49.6 Å². The highest BCUT2D eigenvalue weighted by Gasteiger charge is 2.26. The second-order valence-corrected chi connectivity index (χ2v) is 7.30. The molecule has 0 bridgehead atoms. The van der Waals surface area contributed by atoms with E-state index >= 15 is 0 Å². The third-order valence-corrected chi connectivity index (χ3v) is 5.24. The zero-order chi connectivity index (χ0) is 17.8. The van der Waals surface area contributed by atoms with Crippen LogP contribution in [-0.4, -0.2) is 35.1 Å². The molecule has 1 aromatic carbocycles. The Balaban J connectivity index is 1.65. The largest absolute Gasteiger partial charge is 0.351 e. The van der Waals surface area contributed by atoms with Gasteiger partial charge in [0.2, 0.25) is 11.8 Å². The minimum Gasteiger partial charge on any atom is -0.351 e. The maximum atomic E-state index is 12.4. The monoisotopic (exact) mass is 341 g/mol. The first-order valence-electron chi connectivity index (χ1n) is 9.27. The average Bonchev–Trinajstić information content (AvgIpc) is 2.60. The Bertz CT molecular complexity index is 666. The van der Waals surface area contributed by atoms with E-state index in [1.165, 1.54) is 17.0 Å². The molecular formula is C20H27N3O2. The molecule has 0 spiro atoms. The number of amides is 2. The van der Waals surface area contributed by atoms with Crippen molar-refractivity contribution in [3.8, 4) is 0 Å². The third kappa shape index (κ3) is 4.47. The lowest BCUT2D eigenvalue weighted by Crippen LogP contribution is -2.46. The van der Waals surface area contributed by atoms with Crippen LogP contribution < -0.4 is 5.32 Å². The number of aryl methyl sites for hydroxylation is 1. The summed E-state index contributed by atoms with van der Waals surface area (Å²) in [6.07, 6.45) is 5.61. The second kappa shape index (κ2) is 7.81. The van der Waals surface area contributed by atoms with E-state index < -0.39 is 0 Å². The van der Waals surface area contributed by atoms with Gasteiger partial charge >= 0.3 is 0 Å². The summed E-state index contributed by atoms with van der Waals surface area (Å²) in [6, 6.07) is 8.34. The SMILES string of the molecule is Cc1ccc(C2=NN(CC(=O)N[C@@H]3CCCC[C@H]3C)C(=O)CC2)cc1. The Morgan fingerprint density at radius 2 is 1.92 bits per heavy atom. The van der Waals surface area contributed by atoms with Crippen LogP contribution in [0.3, 0.4) is 0 Å². The molecule has 0 saturated heterocycles. The minimum absolute atomic E-state index is 0.0113. The third-order valence-electron chi connectivity index (χ3n) is 5.24. The van der Waals surface area contributed by atoms with E-state index in [0.717, 1.165) is 30.5 Å². The van der Waals surface area contributed by atoms with Gasteiger partial charge in [-0.15, -0.1) is 0 Å². The van der Waals surface area contributed by atoms with Crippen molar-refractivity contribution in [3.63, 3.8) is 0 Å². The lowest BCUT2D eigenvalue weighted by molar-refractivity contribution is -0.136. The van der Waals surface area contributed by atoms with Crippen LogP contribution in [-0.2, 0) is 9.59 Å². The molecule has 1 aromatic rings. The fraction of sp³-hybridized carbons (Fsp3) is 0.550. The molecule has 2 amide bonds. The topological polar surface area (TPSA) is 61.8 Å². The summed E-state index contributed by atoms with van der Waals surface area (Å²) in [6.45, 7) is 4.24. The number of carbonyl (C=O) groups is 2. The molecule has 2 aliphatic rings. The average molecular weight is 341 g/mol. The van der Waals surface area contributed by atoms with E-state index in [0.29, 0.717) is 18.8 Å². The smallest absolute Gasteiger partial charge is 0.243 e. The highest BCUT2D eigenvalue weighted by atomic mass is 16.2. The number of nitrogens with one attached hydrogen (secondary N) is 1. The zero-order valence-electron chi connectivity index (χ0n) is 15.1. The van der Waals surface area contributed by atoms with Crippen LogP contribution in [0, 0.1) is 12.8 Å². The highest BCUT2D eigenvalue weighted by Crippen LogP contribution is 2.23. The molecule has 0 aromatic heterocycles. The summed E-state index contributed by atoms with van der Waals surface area (Å²) in [7, 11) is 0. The number of hydrogen-bond acceptors (Lipinski definition) is 3. The molecule has 1 heterocycles. The normalized spacial score (nSPS) is 24.0. The molecule has 1 fully saturated rings. The maximum Gasteiger partial charge on any atom is 0.243 e. The summed E-state index contributed by atoms with van der Waals surface area (Å²) in [5.74, 6) is 0.310. The molecule has 1 aliphatic heterocycles. The lowest BCUT2D eigenvalue weighted by Gasteiger charge is -2.30. The van der Waals surface area contributed by atoms with E-state index in [1.54, 1.807) is 0 Å². The van der Waals surface area contributed by atoms with E-state index in [1.807, 2.05) is 31.2 Å². The number of hydrazone groups is 1. The van der Waals surface area contributed by atoms with Gasteiger partial charge < -0.3 is 5.32 Å². The Hall–Kier alpha value is -2.17. The molecule has 25 heavy (non-hydrogen) atoms. The molecule has 134 valence electrons. The quantitative estimate of drug-likeness (QED) is 0.915. The summed E-state index contributed by atoms with van der Waals surface area (Å²) < 4.78 is 0. The van der Waals surface area contributed by atoms with Crippen molar-refractivity contribution in [1.29, 1.82) is 0 Å². The van der Waals surface area contributed by atoms with Gasteiger partial charge in [-0.05, 0) is 31.2 Å². The number of benzene rings is 1. The number of hydrogen-bond donors (Lipinski definition) is 1. The van der Waals surface area contributed by atoms with Crippen molar-refractivity contribution < 1.29 is 9.59 Å². The van der Waals surface area contributed by atoms with E-state index in [4.69, 9.17) is 0 Å². The van der Waals surface area contributed by atoms with Crippen molar-refractivity contribution in [2.75, 3.05) is 6.54 Å². The van der Waals surface area contributed by atoms with Gasteiger partial charge in [-0.25, -0.2) is 5.01 Å². The summed E-state index contributed by atoms with van der Waals surface area (Å²) in [4.78, 5) is 24.5. The maximum absolute atomic E-state index is 12.4. The standard InChI is InChI=1S/C20H27N3O2/c1-14-7-9-16(10-8-14)18-11-12-20(25)23(22-18)13-19(24)21-17-6-4-3-5-15(17)2/h7-10,15,17H,3-6,11-13H2,1-2H3,(H,21,24)/t15-,17-/m1/s1. The predicted octanol–water partition coefficient (Wildman–Crippen LogP) is 3.02. The van der Waals surface area contributed by atoms with Crippen LogP contribution in [0.4, 0.5) is 0 Å². The van der Waals surface area contributed by atoms with Crippen LogP contribution >= 0.6 is 0 Å². The first-order valence-corrected chi connectivity index (χ1v) is 9.27. The van der Waals surface area contributed by atoms with E-state index in [9.17, 15) is 9.59 Å². The van der Waals surface area contributed by atoms with Crippen LogP contribution in [0.2, 0.25) is 0 Å². The van der Waals surface area contributed by atoms with Gasteiger partial charge in [0.1, 0.15) is 6.54 Å². The summed E-state index contributed by atoms with van der Waals surface area (Å²) >= 11 is 0. The van der Waals surface area contributed by atoms with Crippen molar-refractivity contribution >= 4 is 17.5 Å². The molecule has 5 heteroatoms. The highest BCUT2D eigenvalue weighted by molar-refractivity contribution is 6.04. The molecule has 0 unspecified atom stereocenters. The van der Waals surface area contributed by atoms with Crippen LogP contribution in [0.5, 0.6) is 0 Å². The van der Waals surface area contributed by atoms with Gasteiger partial charge in [0.05, 0.1) is 5.71 Å². The van der Waals surface area contributed by atoms with Crippen LogP contribution in [0.1, 0.15) is 56.6 Å². The van der Waals surface area contributed by atoms with Crippen molar-refractivity contribution in [2.45, 2.75) is 58.4 Å². The molecular weight excluding hydrogens is 314 g/mol. The van der Waals surface area contributed by atoms with E-state index in [-0.39, 0.29) is 24.4 Å². The van der Waals surface area contributed by atoms with Crippen LogP contribution in [0.25, 0.3) is 0 Å². The van der Waals surface area contributed by atoms with Crippen LogP contribution in [0.15, 0.2) is 29.4 Å². The van der Waals surface area contributed by atoms with Gasteiger partial charge in [-0.2, -0.15) is 5.10 Å².